The van der Waals surface area contributed by atoms with Crippen LogP contribution in [-0.4, -0.2) is 34.5 Å². The summed E-state index contributed by atoms with van der Waals surface area (Å²) in [5.74, 6) is 3.34. The van der Waals surface area contributed by atoms with E-state index in [1.807, 2.05) is 12.4 Å². The van der Waals surface area contributed by atoms with Crippen LogP contribution < -0.4 is 4.74 Å². The monoisotopic (exact) mass is 422 g/mol. The Hall–Kier alpha value is -1.84. The summed E-state index contributed by atoms with van der Waals surface area (Å²) in [6.07, 6.45) is 16.4. The van der Waals surface area contributed by atoms with E-state index in [1.165, 1.54) is 43.2 Å². The molecule has 1 aromatic rings. The minimum absolute atomic E-state index is 0.0655. The predicted octanol–water partition coefficient (Wildman–Crippen LogP) is 5.87. The van der Waals surface area contributed by atoms with Gasteiger partial charge in [0.1, 0.15) is 5.75 Å². The second-order valence-electron chi connectivity index (χ2n) is 10.8. The number of piperidine rings is 1. The molecule has 4 heteroatoms. The Kier molecular flexibility index (Phi) is 5.38. The van der Waals surface area contributed by atoms with Gasteiger partial charge in [-0.3, -0.25) is 9.78 Å². The van der Waals surface area contributed by atoms with E-state index in [0.717, 1.165) is 44.6 Å². The largest absolute Gasteiger partial charge is 0.492 e. The third-order valence-electron chi connectivity index (χ3n) is 9.24. The number of aromatic nitrogens is 1. The highest BCUT2D eigenvalue weighted by Gasteiger charge is 2.58. The van der Waals surface area contributed by atoms with Gasteiger partial charge in [0.25, 0.3) is 0 Å². The van der Waals surface area contributed by atoms with Gasteiger partial charge < -0.3 is 9.64 Å². The summed E-state index contributed by atoms with van der Waals surface area (Å²) in [5.41, 5.74) is 3.00. The molecule has 4 aliphatic rings. The van der Waals surface area contributed by atoms with Crippen molar-refractivity contribution in [3.05, 3.63) is 30.1 Å². The van der Waals surface area contributed by atoms with Crippen molar-refractivity contribution in [1.82, 2.24) is 9.88 Å². The van der Waals surface area contributed by atoms with Crippen molar-refractivity contribution in [2.45, 2.75) is 84.1 Å². The van der Waals surface area contributed by atoms with Crippen molar-refractivity contribution in [3.63, 3.8) is 0 Å². The molecule has 2 saturated heterocycles. The molecule has 5 rings (SSSR count). The number of nitrogens with zero attached hydrogens (tertiary/aromatic N) is 2. The van der Waals surface area contributed by atoms with E-state index in [1.54, 1.807) is 0 Å². The number of carbonyl (C=O) groups is 1. The van der Waals surface area contributed by atoms with Crippen LogP contribution in [0, 0.1) is 23.2 Å². The van der Waals surface area contributed by atoms with Gasteiger partial charge in [0, 0.05) is 24.7 Å². The molecule has 0 aromatic carbocycles. The Balaban J connectivity index is 1.41. The van der Waals surface area contributed by atoms with Gasteiger partial charge in [-0.1, -0.05) is 26.3 Å². The average Bonchev–Trinajstić information content (AvgIpc) is 3.05. The molecule has 0 bridgehead atoms. The van der Waals surface area contributed by atoms with Crippen molar-refractivity contribution in [2.24, 2.45) is 23.2 Å². The number of fused-ring (bicyclic) bond motifs is 5. The van der Waals surface area contributed by atoms with E-state index < -0.39 is 0 Å². The Morgan fingerprint density at radius 2 is 2.03 bits per heavy atom. The zero-order chi connectivity index (χ0) is 21.6. The Morgan fingerprint density at radius 1 is 1.16 bits per heavy atom. The maximum atomic E-state index is 12.9. The maximum absolute atomic E-state index is 12.9. The summed E-state index contributed by atoms with van der Waals surface area (Å²) in [4.78, 5) is 19.7. The van der Waals surface area contributed by atoms with Crippen LogP contribution >= 0.6 is 0 Å². The highest BCUT2D eigenvalue weighted by atomic mass is 16.5. The zero-order valence-electron chi connectivity index (χ0n) is 19.5. The summed E-state index contributed by atoms with van der Waals surface area (Å²) < 4.78 is 5.88. The number of ether oxygens (including phenoxy) is 1. The molecule has 0 radical (unpaired) electrons. The summed E-state index contributed by atoms with van der Waals surface area (Å²) in [5, 5.41) is 0. The third kappa shape index (κ3) is 3.32. The van der Waals surface area contributed by atoms with Gasteiger partial charge in [-0.25, -0.2) is 0 Å². The smallest absolute Gasteiger partial charge is 0.223 e. The van der Waals surface area contributed by atoms with E-state index >= 15 is 0 Å². The van der Waals surface area contributed by atoms with Crippen LogP contribution in [0.1, 0.15) is 84.1 Å². The molecule has 3 heterocycles. The van der Waals surface area contributed by atoms with Crippen LogP contribution in [0.3, 0.4) is 0 Å². The van der Waals surface area contributed by atoms with Gasteiger partial charge >= 0.3 is 0 Å². The number of rotatable bonds is 4. The number of carbonyl (C=O) groups excluding carboxylic acids is 1. The topological polar surface area (TPSA) is 42.4 Å². The second kappa shape index (κ2) is 7.94. The van der Waals surface area contributed by atoms with Crippen molar-refractivity contribution in [1.29, 1.82) is 0 Å². The van der Waals surface area contributed by atoms with Gasteiger partial charge in [-0.15, -0.1) is 0 Å². The molecule has 5 atom stereocenters. The Labute approximate surface area is 187 Å². The van der Waals surface area contributed by atoms with Crippen molar-refractivity contribution < 1.29 is 9.53 Å². The molecule has 5 unspecified atom stereocenters. The Bertz CT molecular complexity index is 880. The molecule has 1 saturated carbocycles. The normalized spacial score (nSPS) is 37.4. The van der Waals surface area contributed by atoms with Gasteiger partial charge in [0.15, 0.2) is 0 Å². The SMILES string of the molecule is CCCOc1cncc(C2=CCC3C4CCN5C(=O)CCCCC5(C)C4CCC23C)c1. The Morgan fingerprint density at radius 3 is 2.87 bits per heavy atom. The number of pyridine rings is 1. The molecule has 31 heavy (non-hydrogen) atoms. The van der Waals surface area contributed by atoms with E-state index in [9.17, 15) is 4.79 Å². The highest BCUT2D eigenvalue weighted by molar-refractivity contribution is 5.78. The molecule has 1 aromatic heterocycles. The lowest BCUT2D eigenvalue weighted by atomic mass is 9.52. The standard InChI is InChI=1S/C27H38N2O2/c1-4-15-31-20-16-19(17-28-18-20)22-8-9-23-21-11-14-29-25(30)7-5-6-12-27(29,3)24(21)10-13-26(22,23)2/h8,16-18,21,23-24H,4-7,9-15H2,1-3H3. The molecule has 2 aliphatic carbocycles. The van der Waals surface area contributed by atoms with E-state index in [0.29, 0.717) is 23.7 Å². The van der Waals surface area contributed by atoms with Crippen molar-refractivity contribution in [3.8, 4) is 5.75 Å². The fourth-order valence-electron chi connectivity index (χ4n) is 7.70. The lowest BCUT2D eigenvalue weighted by molar-refractivity contribution is -0.150. The molecule has 2 aliphatic heterocycles. The first-order valence-corrected chi connectivity index (χ1v) is 12.6. The van der Waals surface area contributed by atoms with Crippen LogP contribution in [0.25, 0.3) is 5.57 Å². The lowest BCUT2D eigenvalue weighted by Gasteiger charge is -2.59. The molecular weight excluding hydrogens is 384 g/mol. The first-order valence-electron chi connectivity index (χ1n) is 12.6. The molecule has 3 fully saturated rings. The zero-order valence-corrected chi connectivity index (χ0v) is 19.5. The van der Waals surface area contributed by atoms with Crippen molar-refractivity contribution in [2.75, 3.05) is 13.2 Å². The molecular formula is C27H38N2O2. The van der Waals surface area contributed by atoms with Gasteiger partial charge in [0.2, 0.25) is 5.91 Å². The number of allylic oxidation sites excluding steroid dienone is 2. The van der Waals surface area contributed by atoms with Crippen LogP contribution in [0.15, 0.2) is 24.5 Å². The minimum atomic E-state index is 0.0655. The molecule has 4 nitrogen and oxygen atoms in total. The van der Waals surface area contributed by atoms with E-state index in [2.05, 4.69) is 42.8 Å². The lowest BCUT2D eigenvalue weighted by Crippen LogP contribution is -2.62. The summed E-state index contributed by atoms with van der Waals surface area (Å²) in [6, 6.07) is 2.20. The van der Waals surface area contributed by atoms with Crippen LogP contribution in [0.5, 0.6) is 5.75 Å². The average molecular weight is 423 g/mol. The van der Waals surface area contributed by atoms with Crippen LogP contribution in [0.2, 0.25) is 0 Å². The molecule has 0 spiro atoms. The van der Waals surface area contributed by atoms with Crippen LogP contribution in [0.4, 0.5) is 0 Å². The summed E-state index contributed by atoms with van der Waals surface area (Å²) in [6.45, 7) is 8.74. The van der Waals surface area contributed by atoms with E-state index in [4.69, 9.17) is 4.74 Å². The summed E-state index contributed by atoms with van der Waals surface area (Å²) in [7, 11) is 0. The third-order valence-corrected chi connectivity index (χ3v) is 9.24. The molecule has 0 N–H and O–H groups in total. The summed E-state index contributed by atoms with van der Waals surface area (Å²) >= 11 is 0. The quantitative estimate of drug-likeness (QED) is 0.609. The first-order chi connectivity index (χ1) is 15.0. The molecule has 168 valence electrons. The molecule has 1 amide bonds. The second-order valence-corrected chi connectivity index (χ2v) is 10.8. The van der Waals surface area contributed by atoms with E-state index in [-0.39, 0.29) is 11.0 Å². The fraction of sp³-hybridized carbons (Fsp3) is 0.704. The van der Waals surface area contributed by atoms with Crippen LogP contribution in [-0.2, 0) is 4.79 Å². The van der Waals surface area contributed by atoms with Gasteiger partial charge in [-0.05, 0) is 92.2 Å². The maximum Gasteiger partial charge on any atom is 0.223 e. The minimum Gasteiger partial charge on any atom is -0.492 e. The number of hydrogen-bond donors (Lipinski definition) is 0. The van der Waals surface area contributed by atoms with Gasteiger partial charge in [0.05, 0.1) is 12.8 Å². The predicted molar refractivity (Wildman–Crippen MR) is 124 cm³/mol. The van der Waals surface area contributed by atoms with Crippen molar-refractivity contribution >= 4 is 11.5 Å². The first kappa shape index (κ1) is 21.0. The number of hydrogen-bond acceptors (Lipinski definition) is 3. The van der Waals surface area contributed by atoms with Gasteiger partial charge in [-0.2, -0.15) is 0 Å². The fourth-order valence-corrected chi connectivity index (χ4v) is 7.70. The highest BCUT2D eigenvalue weighted by Crippen LogP contribution is 2.63. The number of amides is 1.